The molecule has 110 valence electrons. The van der Waals surface area contributed by atoms with Gasteiger partial charge in [0.05, 0.1) is 6.54 Å². The van der Waals surface area contributed by atoms with Crippen LogP contribution in [0.5, 0.6) is 0 Å². The fraction of sp³-hybridized carbons (Fsp3) is 0.562. The molecule has 0 amide bonds. The molecular weight excluding hydrogens is 252 g/mol. The van der Waals surface area contributed by atoms with Gasteiger partial charge in [0, 0.05) is 19.6 Å². The average Bonchev–Trinajstić information content (AvgIpc) is 3.20. The van der Waals surface area contributed by atoms with Gasteiger partial charge in [0.1, 0.15) is 0 Å². The molecule has 1 aliphatic rings. The number of carboxylic acid groups (broad SMARTS) is 1. The Labute approximate surface area is 121 Å². The number of rotatable bonds is 8. The molecule has 1 aliphatic carbocycles. The highest BCUT2D eigenvalue weighted by Crippen LogP contribution is 2.40. The summed E-state index contributed by atoms with van der Waals surface area (Å²) in [6.45, 7) is 2.45. The van der Waals surface area contributed by atoms with Crippen LogP contribution in [-0.2, 0) is 11.3 Å². The van der Waals surface area contributed by atoms with E-state index in [1.54, 1.807) is 0 Å². The zero-order chi connectivity index (χ0) is 14.5. The lowest BCUT2D eigenvalue weighted by molar-refractivity contribution is -0.138. The summed E-state index contributed by atoms with van der Waals surface area (Å²) in [7, 11) is 4.01. The van der Waals surface area contributed by atoms with Crippen molar-refractivity contribution in [1.29, 1.82) is 0 Å². The van der Waals surface area contributed by atoms with Gasteiger partial charge in [0.25, 0.3) is 0 Å². The van der Waals surface area contributed by atoms with Crippen LogP contribution in [0, 0.1) is 0 Å². The molecule has 0 radical (unpaired) electrons. The lowest BCUT2D eigenvalue weighted by atomic mass is 10.1. The topological polar surface area (TPSA) is 43.8 Å². The number of carbonyl (C=O) groups is 1. The molecule has 1 fully saturated rings. The largest absolute Gasteiger partial charge is 0.480 e. The molecule has 0 aromatic heterocycles. The summed E-state index contributed by atoms with van der Waals surface area (Å²) >= 11 is 0. The summed E-state index contributed by atoms with van der Waals surface area (Å²) in [5.74, 6) is -0.0215. The van der Waals surface area contributed by atoms with Crippen molar-refractivity contribution in [1.82, 2.24) is 9.80 Å². The maximum Gasteiger partial charge on any atom is 0.317 e. The molecule has 20 heavy (non-hydrogen) atoms. The summed E-state index contributed by atoms with van der Waals surface area (Å²) < 4.78 is 0. The molecule has 1 N–H and O–H groups in total. The van der Waals surface area contributed by atoms with E-state index >= 15 is 0 Å². The first-order chi connectivity index (χ1) is 9.54. The van der Waals surface area contributed by atoms with E-state index in [9.17, 15) is 4.79 Å². The SMILES string of the molecule is CN(C)CCN(CC(=O)O)Cc1cccc(C2CC2)c1. The Hall–Kier alpha value is -1.39. The van der Waals surface area contributed by atoms with Crippen LogP contribution >= 0.6 is 0 Å². The number of hydrogen-bond acceptors (Lipinski definition) is 3. The second-order valence-corrected chi connectivity index (χ2v) is 5.93. The Balaban J connectivity index is 1.97. The van der Waals surface area contributed by atoms with Gasteiger partial charge in [0.15, 0.2) is 0 Å². The van der Waals surface area contributed by atoms with Crippen molar-refractivity contribution in [2.45, 2.75) is 25.3 Å². The van der Waals surface area contributed by atoms with Gasteiger partial charge < -0.3 is 10.0 Å². The molecule has 0 unspecified atom stereocenters. The molecule has 4 nitrogen and oxygen atoms in total. The third-order valence-electron chi connectivity index (χ3n) is 3.63. The number of aliphatic carboxylic acids is 1. The molecular formula is C16H24N2O2. The lowest BCUT2D eigenvalue weighted by Gasteiger charge is -2.22. The second-order valence-electron chi connectivity index (χ2n) is 5.93. The van der Waals surface area contributed by atoms with Crippen LogP contribution < -0.4 is 0 Å². The Morgan fingerprint density at radius 3 is 2.65 bits per heavy atom. The first-order valence-electron chi connectivity index (χ1n) is 7.22. The lowest BCUT2D eigenvalue weighted by Crippen LogP contribution is -2.35. The summed E-state index contributed by atoms with van der Waals surface area (Å²) in [6, 6.07) is 8.61. The van der Waals surface area contributed by atoms with Gasteiger partial charge in [0.2, 0.25) is 0 Å². The van der Waals surface area contributed by atoms with Crippen molar-refractivity contribution >= 4 is 5.97 Å². The van der Waals surface area contributed by atoms with Crippen molar-refractivity contribution in [3.8, 4) is 0 Å². The van der Waals surface area contributed by atoms with Crippen LogP contribution in [0.1, 0.15) is 29.9 Å². The fourth-order valence-corrected chi connectivity index (χ4v) is 2.37. The Bertz CT molecular complexity index is 456. The predicted molar refractivity (Wildman–Crippen MR) is 79.9 cm³/mol. The van der Waals surface area contributed by atoms with Gasteiger partial charge in [-0.25, -0.2) is 0 Å². The average molecular weight is 276 g/mol. The van der Waals surface area contributed by atoms with Gasteiger partial charge in [-0.2, -0.15) is 0 Å². The van der Waals surface area contributed by atoms with Gasteiger partial charge in [-0.15, -0.1) is 0 Å². The molecule has 1 saturated carbocycles. The number of nitrogens with zero attached hydrogens (tertiary/aromatic N) is 2. The van der Waals surface area contributed by atoms with Crippen LogP contribution in [0.3, 0.4) is 0 Å². The molecule has 2 rings (SSSR count). The molecule has 0 atom stereocenters. The molecule has 1 aromatic carbocycles. The van der Waals surface area contributed by atoms with Crippen LogP contribution in [0.15, 0.2) is 24.3 Å². The standard InChI is InChI=1S/C16H24N2O2/c1-17(2)8-9-18(12-16(19)20)11-13-4-3-5-15(10-13)14-6-7-14/h3-5,10,14H,6-9,11-12H2,1-2H3,(H,19,20). The molecule has 0 heterocycles. The first kappa shape index (κ1) is 15.0. The van der Waals surface area contributed by atoms with E-state index in [4.69, 9.17) is 5.11 Å². The van der Waals surface area contributed by atoms with E-state index < -0.39 is 5.97 Å². The molecule has 1 aromatic rings. The van der Waals surface area contributed by atoms with Crippen molar-refractivity contribution in [3.63, 3.8) is 0 Å². The maximum absolute atomic E-state index is 11.0. The monoisotopic (exact) mass is 276 g/mol. The van der Waals surface area contributed by atoms with Crippen LogP contribution in [0.4, 0.5) is 0 Å². The highest BCUT2D eigenvalue weighted by Gasteiger charge is 2.23. The van der Waals surface area contributed by atoms with Gasteiger partial charge >= 0.3 is 5.97 Å². The molecule has 0 saturated heterocycles. The zero-order valence-corrected chi connectivity index (χ0v) is 12.4. The van der Waals surface area contributed by atoms with Gasteiger partial charge in [-0.3, -0.25) is 9.69 Å². The second kappa shape index (κ2) is 6.86. The van der Waals surface area contributed by atoms with Crippen LogP contribution in [0.25, 0.3) is 0 Å². The number of benzene rings is 1. The maximum atomic E-state index is 11.0. The molecule has 0 spiro atoms. The summed E-state index contributed by atoms with van der Waals surface area (Å²) in [6.07, 6.45) is 2.59. The molecule has 4 heteroatoms. The van der Waals surface area contributed by atoms with E-state index in [0.29, 0.717) is 6.54 Å². The van der Waals surface area contributed by atoms with Crippen molar-refractivity contribution in [2.24, 2.45) is 0 Å². The summed E-state index contributed by atoms with van der Waals surface area (Å²) in [4.78, 5) is 15.0. The van der Waals surface area contributed by atoms with Crippen molar-refractivity contribution in [3.05, 3.63) is 35.4 Å². The third kappa shape index (κ3) is 4.94. The predicted octanol–water partition coefficient (Wildman–Crippen LogP) is 2.01. The summed E-state index contributed by atoms with van der Waals surface area (Å²) in [5, 5.41) is 9.02. The number of hydrogen-bond donors (Lipinski definition) is 1. The first-order valence-corrected chi connectivity index (χ1v) is 7.22. The smallest absolute Gasteiger partial charge is 0.317 e. The normalized spacial score (nSPS) is 15.0. The number of likely N-dealkylation sites (N-methyl/N-ethyl adjacent to an activating group) is 1. The van der Waals surface area contributed by atoms with Crippen LogP contribution in [-0.4, -0.2) is 54.6 Å². The quantitative estimate of drug-likeness (QED) is 0.789. The molecule has 0 aliphatic heterocycles. The zero-order valence-electron chi connectivity index (χ0n) is 12.4. The number of carboxylic acids is 1. The van der Waals surface area contributed by atoms with Crippen molar-refractivity contribution < 1.29 is 9.90 Å². The Morgan fingerprint density at radius 1 is 1.30 bits per heavy atom. The minimum absolute atomic E-state index is 0.0987. The Morgan fingerprint density at radius 2 is 2.05 bits per heavy atom. The van der Waals surface area contributed by atoms with E-state index in [-0.39, 0.29) is 6.54 Å². The highest BCUT2D eigenvalue weighted by molar-refractivity contribution is 5.69. The van der Waals surface area contributed by atoms with E-state index in [1.807, 2.05) is 19.0 Å². The highest BCUT2D eigenvalue weighted by atomic mass is 16.4. The minimum Gasteiger partial charge on any atom is -0.480 e. The van der Waals surface area contributed by atoms with Gasteiger partial charge in [-0.05, 0) is 44.0 Å². The van der Waals surface area contributed by atoms with E-state index in [0.717, 1.165) is 19.0 Å². The van der Waals surface area contributed by atoms with Gasteiger partial charge in [-0.1, -0.05) is 24.3 Å². The minimum atomic E-state index is -0.762. The van der Waals surface area contributed by atoms with Crippen molar-refractivity contribution in [2.75, 3.05) is 33.7 Å². The Kier molecular flexibility index (Phi) is 5.15. The fourth-order valence-electron chi connectivity index (χ4n) is 2.37. The molecule has 0 bridgehead atoms. The summed E-state index contributed by atoms with van der Waals surface area (Å²) in [5.41, 5.74) is 2.62. The third-order valence-corrected chi connectivity index (χ3v) is 3.63. The van der Waals surface area contributed by atoms with E-state index in [1.165, 1.54) is 24.0 Å². The van der Waals surface area contributed by atoms with E-state index in [2.05, 4.69) is 29.2 Å². The van der Waals surface area contributed by atoms with Crippen LogP contribution in [0.2, 0.25) is 0 Å².